The van der Waals surface area contributed by atoms with Crippen LogP contribution in [-0.2, 0) is 11.2 Å². The van der Waals surface area contributed by atoms with Crippen LogP contribution in [0.3, 0.4) is 0 Å². The van der Waals surface area contributed by atoms with Crippen molar-refractivity contribution in [3.8, 4) is 11.1 Å². The zero-order valence-corrected chi connectivity index (χ0v) is 22.1. The lowest BCUT2D eigenvalue weighted by atomic mass is 9.93. The van der Waals surface area contributed by atoms with Gasteiger partial charge < -0.3 is 20.6 Å². The average molecular weight is 525 g/mol. The van der Waals surface area contributed by atoms with Crippen LogP contribution < -0.4 is 5.32 Å². The molecule has 9 heteroatoms. The zero-order valence-electron chi connectivity index (χ0n) is 21.3. The summed E-state index contributed by atoms with van der Waals surface area (Å²) in [6.45, 7) is 7.81. The lowest BCUT2D eigenvalue weighted by Gasteiger charge is -2.24. The third-order valence-corrected chi connectivity index (χ3v) is 6.84. The number of nitrogens with one attached hydrogen (secondary N) is 1. The third-order valence-electron chi connectivity index (χ3n) is 6.38. The normalized spacial score (nSPS) is 14.4. The second-order valence-corrected chi connectivity index (χ2v) is 10.4. The Balaban J connectivity index is 1.77. The maximum absolute atomic E-state index is 14.8. The molecule has 0 spiro atoms. The molecule has 7 nitrogen and oxygen atoms in total. The van der Waals surface area contributed by atoms with Gasteiger partial charge in [-0.1, -0.05) is 23.7 Å². The Morgan fingerprint density at radius 1 is 1.03 bits per heavy atom. The number of nitrogens with zero attached hydrogens (tertiary/aromatic N) is 3. The van der Waals surface area contributed by atoms with Crippen LogP contribution in [0.4, 0.5) is 10.1 Å². The highest BCUT2D eigenvalue weighted by molar-refractivity contribution is 6.35. The first-order chi connectivity index (χ1) is 17.3. The number of anilines is 1. The van der Waals surface area contributed by atoms with E-state index in [0.717, 1.165) is 16.5 Å². The standard InChI is InChI=1S/C28H30ClFN4O3/c1-15(20-11-19(7-8-22(20)30)28(5,37)14-35)34-25-21-10-17(6-9-23(21)33-16(2)24(25)29)18-12-31-26(32-13-18)27(3,4)36/h6-13,15,35-37H,14H2,1-5H3,(H,33,34)/t15-,28?/m1/s1. The minimum Gasteiger partial charge on any atom is -0.393 e. The molecule has 37 heavy (non-hydrogen) atoms. The smallest absolute Gasteiger partial charge is 0.159 e. The highest BCUT2D eigenvalue weighted by Gasteiger charge is 2.25. The van der Waals surface area contributed by atoms with Gasteiger partial charge in [0.15, 0.2) is 5.82 Å². The first kappa shape index (κ1) is 26.9. The second-order valence-electron chi connectivity index (χ2n) is 10.0. The maximum atomic E-state index is 14.8. The molecule has 0 radical (unpaired) electrons. The van der Waals surface area contributed by atoms with Crippen molar-refractivity contribution in [3.63, 3.8) is 0 Å². The fourth-order valence-electron chi connectivity index (χ4n) is 4.07. The summed E-state index contributed by atoms with van der Waals surface area (Å²) in [6, 6.07) is 9.42. The minimum absolute atomic E-state index is 0.316. The molecule has 2 aromatic carbocycles. The van der Waals surface area contributed by atoms with Crippen molar-refractivity contribution < 1.29 is 19.7 Å². The lowest BCUT2D eigenvalue weighted by molar-refractivity contribution is -0.00240. The predicted molar refractivity (Wildman–Crippen MR) is 143 cm³/mol. The lowest BCUT2D eigenvalue weighted by Crippen LogP contribution is -2.26. The number of aliphatic hydroxyl groups is 3. The van der Waals surface area contributed by atoms with E-state index >= 15 is 0 Å². The number of pyridine rings is 1. The van der Waals surface area contributed by atoms with Crippen LogP contribution in [0.2, 0.25) is 5.02 Å². The summed E-state index contributed by atoms with van der Waals surface area (Å²) in [5, 5.41) is 34.6. The van der Waals surface area contributed by atoms with Gasteiger partial charge in [-0.25, -0.2) is 14.4 Å². The number of hydrogen-bond acceptors (Lipinski definition) is 7. The van der Waals surface area contributed by atoms with Crippen LogP contribution in [0, 0.1) is 12.7 Å². The SMILES string of the molecule is Cc1nc2ccc(-c3cnc(C(C)(C)O)nc3)cc2c(N[C@H](C)c2cc(C(C)(O)CO)ccc2F)c1Cl. The first-order valence-electron chi connectivity index (χ1n) is 11.9. The van der Waals surface area contributed by atoms with Gasteiger partial charge in [-0.3, -0.25) is 4.98 Å². The summed E-state index contributed by atoms with van der Waals surface area (Å²) in [6.07, 6.45) is 3.29. The summed E-state index contributed by atoms with van der Waals surface area (Å²) in [5.74, 6) is -0.133. The molecule has 0 fully saturated rings. The fourth-order valence-corrected chi connectivity index (χ4v) is 4.27. The van der Waals surface area contributed by atoms with Crippen LogP contribution in [0.5, 0.6) is 0 Å². The predicted octanol–water partition coefficient (Wildman–Crippen LogP) is 5.39. The molecule has 0 saturated heterocycles. The number of hydrogen-bond donors (Lipinski definition) is 4. The molecule has 0 aliphatic carbocycles. The summed E-state index contributed by atoms with van der Waals surface area (Å²) in [7, 11) is 0. The topological polar surface area (TPSA) is 111 Å². The molecule has 1 unspecified atom stereocenters. The number of aryl methyl sites for hydroxylation is 1. The van der Waals surface area contributed by atoms with Crippen LogP contribution in [-0.4, -0.2) is 36.9 Å². The summed E-state index contributed by atoms with van der Waals surface area (Å²) in [4.78, 5) is 13.2. The van der Waals surface area contributed by atoms with Gasteiger partial charge in [0.1, 0.15) is 17.0 Å². The highest BCUT2D eigenvalue weighted by atomic mass is 35.5. The number of halogens is 2. The molecular weight excluding hydrogens is 495 g/mol. The van der Waals surface area contributed by atoms with Gasteiger partial charge in [-0.2, -0.15) is 0 Å². The average Bonchev–Trinajstić information content (AvgIpc) is 2.86. The molecule has 0 amide bonds. The van der Waals surface area contributed by atoms with Crippen molar-refractivity contribution >= 4 is 28.2 Å². The fraction of sp³-hybridized carbons (Fsp3) is 0.321. The van der Waals surface area contributed by atoms with E-state index in [1.807, 2.05) is 18.2 Å². The van der Waals surface area contributed by atoms with Gasteiger partial charge in [0.2, 0.25) is 0 Å². The van der Waals surface area contributed by atoms with Crippen molar-refractivity contribution in [2.45, 2.75) is 51.9 Å². The van der Waals surface area contributed by atoms with Crippen molar-refractivity contribution in [2.24, 2.45) is 0 Å². The summed E-state index contributed by atoms with van der Waals surface area (Å²) < 4.78 is 14.8. The molecule has 4 N–H and O–H groups in total. The van der Waals surface area contributed by atoms with Crippen molar-refractivity contribution in [1.82, 2.24) is 15.0 Å². The Morgan fingerprint density at radius 3 is 2.32 bits per heavy atom. The van der Waals surface area contributed by atoms with Crippen LogP contribution in [0.25, 0.3) is 22.0 Å². The second kappa shape index (κ2) is 9.95. The van der Waals surface area contributed by atoms with E-state index in [-0.39, 0.29) is 0 Å². The van der Waals surface area contributed by atoms with Gasteiger partial charge in [0.25, 0.3) is 0 Å². The highest BCUT2D eigenvalue weighted by Crippen LogP contribution is 2.37. The van der Waals surface area contributed by atoms with E-state index in [9.17, 15) is 19.7 Å². The van der Waals surface area contributed by atoms with Crippen LogP contribution >= 0.6 is 11.6 Å². The Hall–Kier alpha value is -3.17. The van der Waals surface area contributed by atoms with E-state index in [1.165, 1.54) is 19.1 Å². The Bertz CT molecular complexity index is 1450. The Labute approximate surface area is 220 Å². The Kier molecular flexibility index (Phi) is 7.23. The molecular formula is C28H30ClFN4O3. The molecule has 0 bridgehead atoms. The van der Waals surface area contributed by atoms with Gasteiger partial charge in [0.05, 0.1) is 34.6 Å². The number of aromatic nitrogens is 3. The van der Waals surface area contributed by atoms with Gasteiger partial charge in [0, 0.05) is 28.9 Å². The minimum atomic E-state index is -1.50. The first-order valence-corrected chi connectivity index (χ1v) is 12.2. The van der Waals surface area contributed by atoms with Gasteiger partial charge in [-0.05, 0) is 70.0 Å². The monoisotopic (exact) mass is 524 g/mol. The van der Waals surface area contributed by atoms with Gasteiger partial charge in [-0.15, -0.1) is 0 Å². The van der Waals surface area contributed by atoms with E-state index < -0.39 is 29.7 Å². The number of benzene rings is 2. The number of rotatable bonds is 7. The number of fused-ring (bicyclic) bond motifs is 1. The number of aliphatic hydroxyl groups excluding tert-OH is 1. The van der Waals surface area contributed by atoms with Gasteiger partial charge >= 0.3 is 0 Å². The maximum Gasteiger partial charge on any atom is 0.159 e. The molecule has 0 aliphatic heterocycles. The molecule has 0 aliphatic rings. The Morgan fingerprint density at radius 2 is 1.70 bits per heavy atom. The molecule has 0 saturated carbocycles. The third kappa shape index (κ3) is 5.43. The molecule has 194 valence electrons. The molecule has 4 rings (SSSR count). The van der Waals surface area contributed by atoms with Crippen molar-refractivity contribution in [2.75, 3.05) is 11.9 Å². The molecule has 2 heterocycles. The van der Waals surface area contributed by atoms with E-state index in [0.29, 0.717) is 38.9 Å². The van der Waals surface area contributed by atoms with Crippen LogP contribution in [0.1, 0.15) is 56.4 Å². The summed E-state index contributed by atoms with van der Waals surface area (Å²) in [5.41, 5.74) is 1.54. The molecule has 2 aromatic heterocycles. The van der Waals surface area contributed by atoms with E-state index in [4.69, 9.17) is 11.6 Å². The quantitative estimate of drug-likeness (QED) is 0.256. The summed E-state index contributed by atoms with van der Waals surface area (Å²) >= 11 is 6.69. The van der Waals surface area contributed by atoms with E-state index in [1.54, 1.807) is 46.2 Å². The van der Waals surface area contributed by atoms with E-state index in [2.05, 4.69) is 20.3 Å². The largest absolute Gasteiger partial charge is 0.393 e. The van der Waals surface area contributed by atoms with Crippen molar-refractivity contribution in [3.05, 3.63) is 82.3 Å². The van der Waals surface area contributed by atoms with Crippen LogP contribution in [0.15, 0.2) is 48.8 Å². The molecule has 2 atom stereocenters. The zero-order chi connectivity index (χ0) is 27.1. The van der Waals surface area contributed by atoms with Crippen molar-refractivity contribution in [1.29, 1.82) is 0 Å². The molecule has 4 aromatic rings.